The maximum Gasteiger partial charge on any atom is 0.136 e. The van der Waals surface area contributed by atoms with E-state index in [1.165, 1.54) is 24.8 Å². The first-order chi connectivity index (χ1) is 9.73. The first-order valence-electron chi connectivity index (χ1n) is 7.29. The van der Waals surface area contributed by atoms with Crippen LogP contribution in [0, 0.1) is 6.92 Å². The van der Waals surface area contributed by atoms with Gasteiger partial charge >= 0.3 is 0 Å². The van der Waals surface area contributed by atoms with Gasteiger partial charge in [-0.05, 0) is 32.9 Å². The van der Waals surface area contributed by atoms with Crippen molar-refractivity contribution >= 4 is 0 Å². The molecule has 1 aliphatic rings. The quantitative estimate of drug-likeness (QED) is 0.925. The normalized spacial score (nSPS) is 16.7. The summed E-state index contributed by atoms with van der Waals surface area (Å²) in [6.07, 6.45) is 5.55. The van der Waals surface area contributed by atoms with Crippen molar-refractivity contribution in [2.45, 2.75) is 31.6 Å². The summed E-state index contributed by atoms with van der Waals surface area (Å²) < 4.78 is 0. The van der Waals surface area contributed by atoms with Crippen LogP contribution >= 0.6 is 0 Å². The summed E-state index contributed by atoms with van der Waals surface area (Å²) in [4.78, 5) is 9.38. The highest BCUT2D eigenvalue weighted by molar-refractivity contribution is 5.59. The Bertz CT molecular complexity index is 585. The van der Waals surface area contributed by atoms with Gasteiger partial charge in [0.05, 0.1) is 5.69 Å². The molecule has 3 rings (SSSR count). The molecule has 1 heterocycles. The van der Waals surface area contributed by atoms with E-state index in [0.717, 1.165) is 23.6 Å². The number of hydrogen-bond donors (Lipinski definition) is 1. The molecule has 3 nitrogen and oxygen atoms in total. The molecule has 0 saturated heterocycles. The third kappa shape index (κ3) is 2.34. The Hall–Kier alpha value is -1.74. The lowest BCUT2D eigenvalue weighted by Crippen LogP contribution is -2.44. The number of nitrogens with zero attached hydrogens (tertiary/aromatic N) is 2. The molecular weight excluding hydrogens is 246 g/mol. The second-order valence-corrected chi connectivity index (χ2v) is 5.80. The van der Waals surface area contributed by atoms with E-state index in [4.69, 9.17) is 4.98 Å². The van der Waals surface area contributed by atoms with Crippen molar-refractivity contribution in [3.63, 3.8) is 0 Å². The van der Waals surface area contributed by atoms with E-state index in [1.807, 2.05) is 19.3 Å². The summed E-state index contributed by atoms with van der Waals surface area (Å²) in [5.41, 5.74) is 3.61. The van der Waals surface area contributed by atoms with Crippen LogP contribution in [-0.4, -0.2) is 23.6 Å². The minimum absolute atomic E-state index is 0.148. The third-order valence-electron chi connectivity index (χ3n) is 4.30. The maximum absolute atomic E-state index is 4.83. The fraction of sp³-hybridized carbons (Fsp3) is 0.412. The van der Waals surface area contributed by atoms with Crippen molar-refractivity contribution in [1.29, 1.82) is 0 Å². The van der Waals surface area contributed by atoms with Crippen LogP contribution in [0.25, 0.3) is 11.3 Å². The monoisotopic (exact) mass is 267 g/mol. The highest BCUT2D eigenvalue weighted by atomic mass is 14.9. The van der Waals surface area contributed by atoms with Gasteiger partial charge < -0.3 is 5.32 Å². The minimum Gasteiger partial charge on any atom is -0.319 e. The van der Waals surface area contributed by atoms with E-state index < -0.39 is 0 Å². The molecule has 0 amide bonds. The van der Waals surface area contributed by atoms with Crippen LogP contribution in [0.15, 0.2) is 36.5 Å². The zero-order valence-electron chi connectivity index (χ0n) is 12.2. The van der Waals surface area contributed by atoms with Crippen LogP contribution in [0.3, 0.4) is 0 Å². The average molecular weight is 267 g/mol. The molecule has 0 aliphatic heterocycles. The number of hydrogen-bond acceptors (Lipinski definition) is 3. The smallest absolute Gasteiger partial charge is 0.136 e. The standard InChI is InChI=1S/C17H21N3/c1-13-4-6-14(7-5-13)15-8-11-19-16(20-15)17(12-18-2)9-3-10-17/h4-8,11,18H,3,9-10,12H2,1-2H3. The second kappa shape index (κ2) is 5.33. The Kier molecular flexibility index (Phi) is 3.53. The SMILES string of the molecule is CNCC1(c2nccc(-c3ccc(C)cc3)n2)CCC1. The Labute approximate surface area is 120 Å². The van der Waals surface area contributed by atoms with Crippen molar-refractivity contribution in [3.05, 3.63) is 47.9 Å². The van der Waals surface area contributed by atoms with E-state index in [-0.39, 0.29) is 5.41 Å². The molecule has 2 aromatic rings. The van der Waals surface area contributed by atoms with Crippen LogP contribution < -0.4 is 5.32 Å². The molecule has 1 saturated carbocycles. The summed E-state index contributed by atoms with van der Waals surface area (Å²) in [6.45, 7) is 3.07. The predicted octanol–water partition coefficient (Wildman–Crippen LogP) is 3.09. The van der Waals surface area contributed by atoms with Crippen molar-refractivity contribution in [1.82, 2.24) is 15.3 Å². The van der Waals surface area contributed by atoms with Crippen LogP contribution in [0.5, 0.6) is 0 Å². The van der Waals surface area contributed by atoms with Crippen molar-refractivity contribution in [2.24, 2.45) is 0 Å². The molecule has 1 aromatic heterocycles. The lowest BCUT2D eigenvalue weighted by Gasteiger charge is -2.40. The van der Waals surface area contributed by atoms with Crippen molar-refractivity contribution < 1.29 is 0 Å². The van der Waals surface area contributed by atoms with E-state index in [1.54, 1.807) is 0 Å². The fourth-order valence-corrected chi connectivity index (χ4v) is 2.92. The zero-order chi connectivity index (χ0) is 14.0. The summed E-state index contributed by atoms with van der Waals surface area (Å²) in [5.74, 6) is 0.996. The van der Waals surface area contributed by atoms with Crippen LogP contribution in [-0.2, 0) is 5.41 Å². The molecule has 0 radical (unpaired) electrons. The molecular formula is C17H21N3. The van der Waals surface area contributed by atoms with E-state index in [0.29, 0.717) is 0 Å². The Balaban J connectivity index is 1.95. The molecule has 1 aromatic carbocycles. The van der Waals surface area contributed by atoms with Gasteiger partial charge in [-0.25, -0.2) is 9.97 Å². The molecule has 1 fully saturated rings. The van der Waals surface area contributed by atoms with Crippen molar-refractivity contribution in [2.75, 3.05) is 13.6 Å². The van der Waals surface area contributed by atoms with E-state index in [9.17, 15) is 0 Å². The number of rotatable bonds is 4. The average Bonchev–Trinajstić information content (AvgIpc) is 2.44. The minimum atomic E-state index is 0.148. The van der Waals surface area contributed by atoms with Gasteiger partial charge in [-0.2, -0.15) is 0 Å². The number of benzene rings is 1. The molecule has 3 heteroatoms. The Morgan fingerprint density at radius 1 is 1.15 bits per heavy atom. The predicted molar refractivity (Wildman–Crippen MR) is 81.7 cm³/mol. The highest BCUT2D eigenvalue weighted by Gasteiger charge is 2.40. The number of aryl methyl sites for hydroxylation is 1. The van der Waals surface area contributed by atoms with Gasteiger partial charge in [0.1, 0.15) is 5.82 Å². The van der Waals surface area contributed by atoms with Crippen LogP contribution in [0.1, 0.15) is 30.7 Å². The van der Waals surface area contributed by atoms with Crippen molar-refractivity contribution in [3.8, 4) is 11.3 Å². The topological polar surface area (TPSA) is 37.8 Å². The van der Waals surface area contributed by atoms with Gasteiger partial charge in [0, 0.05) is 23.7 Å². The fourth-order valence-electron chi connectivity index (χ4n) is 2.92. The Morgan fingerprint density at radius 2 is 1.90 bits per heavy atom. The molecule has 0 atom stereocenters. The van der Waals surface area contributed by atoms with E-state index >= 15 is 0 Å². The number of aromatic nitrogens is 2. The molecule has 0 unspecified atom stereocenters. The molecule has 1 aliphatic carbocycles. The molecule has 104 valence electrons. The zero-order valence-corrected chi connectivity index (χ0v) is 12.2. The first-order valence-corrected chi connectivity index (χ1v) is 7.29. The molecule has 0 bridgehead atoms. The first kappa shape index (κ1) is 13.3. The highest BCUT2D eigenvalue weighted by Crippen LogP contribution is 2.41. The van der Waals surface area contributed by atoms with Gasteiger partial charge in [-0.1, -0.05) is 36.2 Å². The lowest BCUT2D eigenvalue weighted by molar-refractivity contribution is 0.225. The molecule has 0 spiro atoms. The third-order valence-corrected chi connectivity index (χ3v) is 4.30. The van der Waals surface area contributed by atoms with Gasteiger partial charge in [0.15, 0.2) is 0 Å². The summed E-state index contributed by atoms with van der Waals surface area (Å²) in [6, 6.07) is 10.5. The van der Waals surface area contributed by atoms with Gasteiger partial charge in [0.2, 0.25) is 0 Å². The maximum atomic E-state index is 4.83. The van der Waals surface area contributed by atoms with Crippen LogP contribution in [0.4, 0.5) is 0 Å². The number of nitrogens with one attached hydrogen (secondary N) is 1. The van der Waals surface area contributed by atoms with Crippen LogP contribution in [0.2, 0.25) is 0 Å². The lowest BCUT2D eigenvalue weighted by atomic mass is 9.68. The Morgan fingerprint density at radius 3 is 2.50 bits per heavy atom. The van der Waals surface area contributed by atoms with Gasteiger partial charge in [-0.3, -0.25) is 0 Å². The second-order valence-electron chi connectivity index (χ2n) is 5.80. The molecule has 20 heavy (non-hydrogen) atoms. The number of likely N-dealkylation sites (N-methyl/N-ethyl adjacent to an activating group) is 1. The largest absolute Gasteiger partial charge is 0.319 e. The summed E-state index contributed by atoms with van der Waals surface area (Å²) in [7, 11) is 2.00. The summed E-state index contributed by atoms with van der Waals surface area (Å²) >= 11 is 0. The molecule has 1 N–H and O–H groups in total. The van der Waals surface area contributed by atoms with Gasteiger partial charge in [0.25, 0.3) is 0 Å². The van der Waals surface area contributed by atoms with E-state index in [2.05, 4.69) is 41.5 Å². The summed E-state index contributed by atoms with van der Waals surface area (Å²) in [5, 5.41) is 3.30. The van der Waals surface area contributed by atoms with Gasteiger partial charge in [-0.15, -0.1) is 0 Å².